The summed E-state index contributed by atoms with van der Waals surface area (Å²) in [5.74, 6) is -2.36. The zero-order valence-corrected chi connectivity index (χ0v) is 19.2. The van der Waals surface area contributed by atoms with Crippen LogP contribution in [0.2, 0.25) is 0 Å². The second-order valence-electron chi connectivity index (χ2n) is 6.89. The van der Waals surface area contributed by atoms with Gasteiger partial charge in [0, 0.05) is 23.0 Å². The number of benzene rings is 3. The summed E-state index contributed by atoms with van der Waals surface area (Å²) in [6.07, 6.45) is 0. The monoisotopic (exact) mass is 506 g/mol. The van der Waals surface area contributed by atoms with Gasteiger partial charge in [0.05, 0.1) is 19.9 Å². The highest BCUT2D eigenvalue weighted by molar-refractivity contribution is 7.91. The number of carbonyl (C=O) groups excluding carboxylic acids is 2. The highest BCUT2D eigenvalue weighted by Gasteiger charge is 2.19. The summed E-state index contributed by atoms with van der Waals surface area (Å²) in [5, 5.41) is 4.72. The summed E-state index contributed by atoms with van der Waals surface area (Å²) in [6, 6.07) is 11.7. The van der Waals surface area contributed by atoms with Gasteiger partial charge in [-0.2, -0.15) is 8.42 Å². The molecule has 0 spiro atoms. The molecule has 13 heteroatoms. The van der Waals surface area contributed by atoms with Crippen LogP contribution in [0.15, 0.2) is 60.7 Å². The Morgan fingerprint density at radius 3 is 2.11 bits per heavy atom. The topological polar surface area (TPSA) is 135 Å². The lowest BCUT2D eigenvalue weighted by Crippen LogP contribution is -2.38. The fourth-order valence-electron chi connectivity index (χ4n) is 2.83. The first-order valence-electron chi connectivity index (χ1n) is 9.80. The summed E-state index contributed by atoms with van der Waals surface area (Å²) >= 11 is 0. The summed E-state index contributed by atoms with van der Waals surface area (Å²) in [5.41, 5.74) is 0.113. The van der Waals surface area contributed by atoms with E-state index in [9.17, 15) is 26.8 Å². The molecule has 0 aliphatic heterocycles. The molecule has 0 aliphatic carbocycles. The number of nitrogens with one attached hydrogen (secondary N) is 4. The third-order valence-electron chi connectivity index (χ3n) is 4.46. The smallest absolute Gasteiger partial charge is 0.334 e. The molecule has 184 valence electrons. The van der Waals surface area contributed by atoms with Crippen molar-refractivity contribution in [3.05, 3.63) is 77.9 Å². The molecule has 0 atom stereocenters. The average molecular weight is 506 g/mol. The van der Waals surface area contributed by atoms with Crippen LogP contribution in [0, 0.1) is 11.6 Å². The molecule has 3 aromatic rings. The van der Waals surface area contributed by atoms with E-state index in [4.69, 9.17) is 9.47 Å². The van der Waals surface area contributed by atoms with Crippen LogP contribution < -0.4 is 29.6 Å². The summed E-state index contributed by atoms with van der Waals surface area (Å²) in [7, 11) is -1.70. The fourth-order valence-corrected chi connectivity index (χ4v) is 3.62. The van der Waals surface area contributed by atoms with Gasteiger partial charge in [-0.15, -0.1) is 0 Å². The zero-order chi connectivity index (χ0) is 25.6. The number of ether oxygens (including phenoxy) is 2. The third-order valence-corrected chi connectivity index (χ3v) is 5.40. The Balaban J connectivity index is 1.72. The van der Waals surface area contributed by atoms with Gasteiger partial charge >= 0.3 is 16.2 Å². The van der Waals surface area contributed by atoms with Crippen molar-refractivity contribution in [2.75, 3.05) is 29.6 Å². The number of anilines is 3. The van der Waals surface area contributed by atoms with Gasteiger partial charge < -0.3 is 20.1 Å². The first-order chi connectivity index (χ1) is 16.6. The van der Waals surface area contributed by atoms with Crippen molar-refractivity contribution in [1.29, 1.82) is 0 Å². The second-order valence-corrected chi connectivity index (χ2v) is 8.30. The van der Waals surface area contributed by atoms with E-state index in [1.807, 2.05) is 0 Å². The van der Waals surface area contributed by atoms with Gasteiger partial charge in [0.1, 0.15) is 11.5 Å². The molecular weight excluding hydrogens is 486 g/mol. The number of halogens is 2. The molecule has 3 rings (SSSR count). The van der Waals surface area contributed by atoms with Crippen LogP contribution in [0.4, 0.5) is 30.6 Å². The van der Waals surface area contributed by atoms with Crippen LogP contribution in [0.25, 0.3) is 0 Å². The van der Waals surface area contributed by atoms with Crippen LogP contribution in [-0.2, 0) is 10.2 Å². The predicted octanol–water partition coefficient (Wildman–Crippen LogP) is 3.71. The Morgan fingerprint density at radius 2 is 1.49 bits per heavy atom. The first-order valence-corrected chi connectivity index (χ1v) is 11.3. The largest absolute Gasteiger partial charge is 0.497 e. The molecule has 3 amide bonds. The van der Waals surface area contributed by atoms with E-state index in [2.05, 4.69) is 15.4 Å². The maximum absolute atomic E-state index is 13.4. The van der Waals surface area contributed by atoms with Gasteiger partial charge in [-0.25, -0.2) is 18.3 Å². The molecule has 0 radical (unpaired) electrons. The van der Waals surface area contributed by atoms with E-state index in [1.165, 1.54) is 38.5 Å². The Hall–Kier alpha value is -4.39. The number of amides is 3. The minimum absolute atomic E-state index is 0.0104. The Labute approximate surface area is 199 Å². The van der Waals surface area contributed by atoms with E-state index in [0.29, 0.717) is 11.4 Å². The van der Waals surface area contributed by atoms with Gasteiger partial charge in [-0.1, -0.05) is 0 Å². The van der Waals surface area contributed by atoms with Crippen molar-refractivity contribution in [2.45, 2.75) is 0 Å². The lowest BCUT2D eigenvalue weighted by Gasteiger charge is -2.14. The van der Waals surface area contributed by atoms with Gasteiger partial charge in [-0.05, 0) is 54.6 Å². The van der Waals surface area contributed by atoms with Crippen LogP contribution in [0.5, 0.6) is 11.5 Å². The maximum atomic E-state index is 13.4. The molecule has 0 saturated heterocycles. The molecule has 0 aliphatic rings. The molecule has 0 aromatic heterocycles. The van der Waals surface area contributed by atoms with Crippen molar-refractivity contribution in [1.82, 2.24) is 4.72 Å². The van der Waals surface area contributed by atoms with Crippen LogP contribution >= 0.6 is 0 Å². The van der Waals surface area contributed by atoms with E-state index < -0.39 is 33.8 Å². The Morgan fingerprint density at radius 1 is 0.800 bits per heavy atom. The highest BCUT2D eigenvalue weighted by Crippen LogP contribution is 2.27. The van der Waals surface area contributed by atoms with Gasteiger partial charge in [-0.3, -0.25) is 9.52 Å². The number of carbonyl (C=O) groups is 2. The zero-order valence-electron chi connectivity index (χ0n) is 18.4. The van der Waals surface area contributed by atoms with Crippen molar-refractivity contribution in [2.24, 2.45) is 0 Å². The third kappa shape index (κ3) is 6.80. The fraction of sp³-hybridized carbons (Fsp3) is 0.0909. The van der Waals surface area contributed by atoms with Crippen LogP contribution in [-0.4, -0.2) is 34.6 Å². The Kier molecular flexibility index (Phi) is 7.71. The quantitative estimate of drug-likeness (QED) is 0.368. The molecule has 0 saturated carbocycles. The summed E-state index contributed by atoms with van der Waals surface area (Å²) in [4.78, 5) is 24.7. The maximum Gasteiger partial charge on any atom is 0.334 e. The number of rotatable bonds is 8. The minimum Gasteiger partial charge on any atom is -0.497 e. The van der Waals surface area contributed by atoms with Crippen molar-refractivity contribution in [3.8, 4) is 11.5 Å². The molecule has 0 fully saturated rings. The number of hydrogen-bond donors (Lipinski definition) is 4. The lowest BCUT2D eigenvalue weighted by molar-refractivity contribution is 0.102. The van der Waals surface area contributed by atoms with Gasteiger partial charge in [0.25, 0.3) is 5.91 Å². The van der Waals surface area contributed by atoms with Gasteiger partial charge in [0.2, 0.25) is 0 Å². The molecule has 10 nitrogen and oxygen atoms in total. The van der Waals surface area contributed by atoms with E-state index in [1.54, 1.807) is 16.9 Å². The van der Waals surface area contributed by atoms with E-state index >= 15 is 0 Å². The van der Waals surface area contributed by atoms with Crippen molar-refractivity contribution < 1.29 is 36.3 Å². The summed E-state index contributed by atoms with van der Waals surface area (Å²) in [6.45, 7) is 0. The number of urea groups is 1. The molecule has 3 aromatic carbocycles. The standard InChI is InChI=1S/C22H20F2N4O6S/c1-33-16-7-4-14(5-8-16)26-22(30)28-35(31,32)27-19-11-13(3-10-20(19)34-2)21(29)25-15-6-9-17(23)18(24)12-15/h3-12,27H,1-2H3,(H,25,29)(H2,26,28,30). The molecule has 4 N–H and O–H groups in total. The van der Waals surface area contributed by atoms with Crippen molar-refractivity contribution >= 4 is 39.2 Å². The van der Waals surface area contributed by atoms with Crippen LogP contribution in [0.1, 0.15) is 10.4 Å². The van der Waals surface area contributed by atoms with Crippen LogP contribution in [0.3, 0.4) is 0 Å². The molecular formula is C22H20F2N4O6S. The average Bonchev–Trinajstić information content (AvgIpc) is 2.81. The molecule has 0 bridgehead atoms. The Bertz CT molecular complexity index is 1350. The SMILES string of the molecule is COc1ccc(NC(=O)NS(=O)(=O)Nc2cc(C(=O)Nc3ccc(F)c(F)c3)ccc2OC)cc1. The van der Waals surface area contributed by atoms with E-state index in [0.717, 1.165) is 24.3 Å². The summed E-state index contributed by atoms with van der Waals surface area (Å²) < 4.78 is 65.4. The molecule has 35 heavy (non-hydrogen) atoms. The highest BCUT2D eigenvalue weighted by atomic mass is 32.2. The molecule has 0 unspecified atom stereocenters. The predicted molar refractivity (Wildman–Crippen MR) is 125 cm³/mol. The number of methoxy groups -OCH3 is 2. The number of hydrogen-bond acceptors (Lipinski definition) is 6. The van der Waals surface area contributed by atoms with Crippen molar-refractivity contribution in [3.63, 3.8) is 0 Å². The lowest BCUT2D eigenvalue weighted by atomic mass is 10.1. The first kappa shape index (κ1) is 25.2. The normalized spacial score (nSPS) is 10.7. The second kappa shape index (κ2) is 10.7. The van der Waals surface area contributed by atoms with E-state index in [-0.39, 0.29) is 22.7 Å². The minimum atomic E-state index is -4.45. The molecule has 0 heterocycles. The van der Waals surface area contributed by atoms with Gasteiger partial charge in [0.15, 0.2) is 11.6 Å².